The molecular weight excluding hydrogens is 434 g/mol. The van der Waals surface area contributed by atoms with E-state index < -0.39 is 0 Å². The number of allylic oxidation sites excluding steroid dienone is 4. The van der Waals surface area contributed by atoms with Gasteiger partial charge in [-0.2, -0.15) is 5.10 Å². The zero-order valence-electron chi connectivity index (χ0n) is 22.7. The zero-order chi connectivity index (χ0) is 25.7. The van der Waals surface area contributed by atoms with Gasteiger partial charge in [0.25, 0.3) is 0 Å². The molecule has 0 radical (unpaired) electrons. The standard InChI is InChI=1S/C29H51N5O/c1-5-9-11-12-21-31-32-22-15-16-26(7-3)28(30)17-14-18-29(35)34-24-19-27(20-25-34)33(8-4)23-13-10-6-2/h7,14-17,21,27,32H,3,5-6,8-13,18-20,22-25,30H2,1-2,4H3/b16-15+,17-14-,28-26-,31-21-. The number of carbonyl (C=O) groups is 1. The van der Waals surface area contributed by atoms with Gasteiger partial charge in [-0.3, -0.25) is 4.79 Å². The Hall–Kier alpha value is -2.34. The predicted octanol–water partition coefficient (Wildman–Crippen LogP) is 5.55. The number of hydrogen-bond donors (Lipinski definition) is 2. The molecule has 0 aromatic heterocycles. The molecule has 0 atom stereocenters. The van der Waals surface area contributed by atoms with Crippen molar-refractivity contribution in [1.82, 2.24) is 15.2 Å². The van der Waals surface area contributed by atoms with E-state index in [1.165, 1.54) is 45.1 Å². The second kappa shape index (κ2) is 19.9. The van der Waals surface area contributed by atoms with Gasteiger partial charge < -0.3 is 21.0 Å². The van der Waals surface area contributed by atoms with Crippen LogP contribution in [-0.2, 0) is 4.79 Å². The van der Waals surface area contributed by atoms with E-state index in [1.54, 1.807) is 6.08 Å². The predicted molar refractivity (Wildman–Crippen MR) is 151 cm³/mol. The number of carbonyl (C=O) groups excluding carboxylic acids is 1. The number of likely N-dealkylation sites (tertiary alicyclic amines) is 1. The quantitative estimate of drug-likeness (QED) is 0.116. The molecule has 1 fully saturated rings. The lowest BCUT2D eigenvalue weighted by atomic mass is 10.0. The molecule has 1 aliphatic heterocycles. The van der Waals surface area contributed by atoms with Crippen LogP contribution in [0, 0.1) is 0 Å². The molecule has 198 valence electrons. The van der Waals surface area contributed by atoms with E-state index in [0.717, 1.165) is 44.5 Å². The minimum atomic E-state index is 0.179. The van der Waals surface area contributed by atoms with Gasteiger partial charge in [0.15, 0.2) is 0 Å². The number of nitrogens with one attached hydrogen (secondary N) is 1. The summed E-state index contributed by atoms with van der Waals surface area (Å²) in [4.78, 5) is 17.3. The molecule has 6 heteroatoms. The summed E-state index contributed by atoms with van der Waals surface area (Å²) in [7, 11) is 0. The van der Waals surface area contributed by atoms with Gasteiger partial charge in [-0.15, -0.1) is 0 Å². The lowest BCUT2D eigenvalue weighted by Crippen LogP contribution is -2.46. The van der Waals surface area contributed by atoms with Gasteiger partial charge in [0.2, 0.25) is 5.91 Å². The summed E-state index contributed by atoms with van der Waals surface area (Å²) in [5.41, 5.74) is 10.7. The molecule has 1 amide bonds. The van der Waals surface area contributed by atoms with Gasteiger partial charge in [-0.1, -0.05) is 77.3 Å². The van der Waals surface area contributed by atoms with Crippen molar-refractivity contribution in [3.8, 4) is 0 Å². The van der Waals surface area contributed by atoms with E-state index in [4.69, 9.17) is 5.73 Å². The summed E-state index contributed by atoms with van der Waals surface area (Å²) in [6.45, 7) is 15.2. The minimum Gasteiger partial charge on any atom is -0.398 e. The van der Waals surface area contributed by atoms with E-state index in [9.17, 15) is 4.79 Å². The summed E-state index contributed by atoms with van der Waals surface area (Å²) in [6, 6.07) is 0.609. The molecule has 0 aromatic carbocycles. The number of hydrogen-bond acceptors (Lipinski definition) is 5. The van der Waals surface area contributed by atoms with Crippen LogP contribution in [0.2, 0.25) is 0 Å². The Balaban J connectivity index is 2.41. The van der Waals surface area contributed by atoms with Crippen LogP contribution in [0.25, 0.3) is 0 Å². The van der Waals surface area contributed by atoms with Crippen molar-refractivity contribution in [1.29, 1.82) is 0 Å². The third-order valence-electron chi connectivity index (χ3n) is 6.56. The first-order valence-electron chi connectivity index (χ1n) is 13.8. The Labute approximate surface area is 215 Å². The van der Waals surface area contributed by atoms with Crippen LogP contribution in [-0.4, -0.2) is 60.7 Å². The Morgan fingerprint density at radius 2 is 1.80 bits per heavy atom. The summed E-state index contributed by atoms with van der Waals surface area (Å²) in [5, 5.41) is 4.20. The van der Waals surface area contributed by atoms with Crippen molar-refractivity contribution in [2.75, 3.05) is 32.7 Å². The second-order valence-electron chi connectivity index (χ2n) is 9.24. The summed E-state index contributed by atoms with van der Waals surface area (Å²) in [5.74, 6) is 0.179. The maximum atomic E-state index is 12.7. The lowest BCUT2D eigenvalue weighted by Gasteiger charge is -2.38. The molecule has 0 saturated carbocycles. The van der Waals surface area contributed by atoms with Crippen molar-refractivity contribution in [3.63, 3.8) is 0 Å². The maximum Gasteiger partial charge on any atom is 0.226 e. The molecule has 1 saturated heterocycles. The molecule has 35 heavy (non-hydrogen) atoms. The Morgan fingerprint density at radius 1 is 1.09 bits per heavy atom. The minimum absolute atomic E-state index is 0.179. The molecule has 1 heterocycles. The maximum absolute atomic E-state index is 12.7. The molecule has 1 aliphatic rings. The number of nitrogens with zero attached hydrogens (tertiary/aromatic N) is 3. The van der Waals surface area contributed by atoms with E-state index >= 15 is 0 Å². The molecule has 0 spiro atoms. The smallest absolute Gasteiger partial charge is 0.226 e. The van der Waals surface area contributed by atoms with Crippen LogP contribution < -0.4 is 11.2 Å². The highest BCUT2D eigenvalue weighted by molar-refractivity contribution is 5.77. The molecule has 0 unspecified atom stereocenters. The van der Waals surface area contributed by atoms with E-state index in [-0.39, 0.29) is 5.91 Å². The normalized spacial score (nSPS) is 16.1. The number of amides is 1. The van der Waals surface area contributed by atoms with Crippen LogP contribution in [0.3, 0.4) is 0 Å². The van der Waals surface area contributed by atoms with Gasteiger partial charge in [-0.25, -0.2) is 0 Å². The summed E-state index contributed by atoms with van der Waals surface area (Å²) in [6.07, 6.45) is 22.2. The highest BCUT2D eigenvalue weighted by Crippen LogP contribution is 2.18. The van der Waals surface area contributed by atoms with Crippen LogP contribution in [0.1, 0.15) is 85.0 Å². The number of rotatable bonds is 18. The third-order valence-corrected chi connectivity index (χ3v) is 6.56. The second-order valence-corrected chi connectivity index (χ2v) is 9.24. The molecule has 3 N–H and O–H groups in total. The van der Waals surface area contributed by atoms with Crippen LogP contribution >= 0.6 is 0 Å². The van der Waals surface area contributed by atoms with E-state index in [1.807, 2.05) is 35.4 Å². The fraction of sp³-hybridized carbons (Fsp3) is 0.655. The van der Waals surface area contributed by atoms with Crippen molar-refractivity contribution < 1.29 is 4.79 Å². The molecule has 0 aromatic rings. The first-order chi connectivity index (χ1) is 17.1. The van der Waals surface area contributed by atoms with E-state index in [2.05, 4.69) is 42.8 Å². The van der Waals surface area contributed by atoms with Gasteiger partial charge >= 0.3 is 0 Å². The summed E-state index contributed by atoms with van der Waals surface area (Å²) >= 11 is 0. The van der Waals surface area contributed by atoms with E-state index in [0.29, 0.717) is 24.7 Å². The van der Waals surface area contributed by atoms with Crippen LogP contribution in [0.5, 0.6) is 0 Å². The third kappa shape index (κ3) is 13.4. The largest absolute Gasteiger partial charge is 0.398 e. The molecule has 6 nitrogen and oxygen atoms in total. The number of nitrogens with two attached hydrogens (primary N) is 1. The fourth-order valence-electron chi connectivity index (χ4n) is 4.34. The van der Waals surface area contributed by atoms with Crippen molar-refractivity contribution in [2.45, 2.75) is 91.0 Å². The summed E-state index contributed by atoms with van der Waals surface area (Å²) < 4.78 is 0. The number of hydrazone groups is 1. The highest BCUT2D eigenvalue weighted by atomic mass is 16.2. The van der Waals surface area contributed by atoms with Crippen molar-refractivity contribution in [3.05, 3.63) is 48.2 Å². The first kappa shape index (κ1) is 30.7. The average molecular weight is 486 g/mol. The number of unbranched alkanes of at least 4 members (excludes halogenated alkanes) is 5. The highest BCUT2D eigenvalue weighted by Gasteiger charge is 2.25. The molecule has 0 aliphatic carbocycles. The molecular formula is C29H51N5O. The monoisotopic (exact) mass is 485 g/mol. The molecule has 1 rings (SSSR count). The van der Waals surface area contributed by atoms with Gasteiger partial charge in [0.05, 0.1) is 6.54 Å². The van der Waals surface area contributed by atoms with Gasteiger partial charge in [-0.05, 0) is 56.8 Å². The van der Waals surface area contributed by atoms with Gasteiger partial charge in [0, 0.05) is 37.5 Å². The first-order valence-corrected chi connectivity index (χ1v) is 13.8. The molecule has 0 bridgehead atoms. The topological polar surface area (TPSA) is 74.0 Å². The zero-order valence-corrected chi connectivity index (χ0v) is 22.7. The van der Waals surface area contributed by atoms with Crippen LogP contribution in [0.4, 0.5) is 0 Å². The lowest BCUT2D eigenvalue weighted by molar-refractivity contribution is -0.131. The van der Waals surface area contributed by atoms with Gasteiger partial charge in [0.1, 0.15) is 0 Å². The Morgan fingerprint density at radius 3 is 2.46 bits per heavy atom. The number of piperidine rings is 1. The van der Waals surface area contributed by atoms with Crippen molar-refractivity contribution >= 4 is 12.1 Å². The SMILES string of the molecule is C=CC(/C=C/CN/N=C\CCCCC)=C(N)\C=C/CC(=O)N1CCC(N(CC)CCCCC)CC1. The van der Waals surface area contributed by atoms with Crippen molar-refractivity contribution in [2.24, 2.45) is 10.8 Å². The van der Waals surface area contributed by atoms with Crippen LogP contribution in [0.15, 0.2) is 53.3 Å². The fourth-order valence-corrected chi connectivity index (χ4v) is 4.34. The average Bonchev–Trinajstić information content (AvgIpc) is 2.88. The Kier molecular flexibility index (Phi) is 17.5. The Bertz CT molecular complexity index is 702.